The maximum absolute atomic E-state index is 11.4. The van der Waals surface area contributed by atoms with Gasteiger partial charge in [0.25, 0.3) is 0 Å². The van der Waals surface area contributed by atoms with E-state index in [-0.39, 0.29) is 18.3 Å². The summed E-state index contributed by atoms with van der Waals surface area (Å²) in [4.78, 5) is 15.3. The molecular formula is C9H10Cl2N2O2S. The Kier molecular flexibility index (Phi) is 5.90. The van der Waals surface area contributed by atoms with Crippen molar-refractivity contribution < 1.29 is 9.90 Å². The smallest absolute Gasteiger partial charge is 0.235 e. The molecule has 0 saturated carbocycles. The summed E-state index contributed by atoms with van der Waals surface area (Å²) in [6.07, 6.45) is 1.41. The molecular weight excluding hydrogens is 271 g/mol. The van der Waals surface area contributed by atoms with Crippen molar-refractivity contribution in [3.8, 4) is 0 Å². The molecule has 2 N–H and O–H groups in total. The fraction of sp³-hybridized carbons (Fsp3) is 0.333. The Labute approximate surface area is 107 Å². The van der Waals surface area contributed by atoms with E-state index in [1.807, 2.05) is 0 Å². The first-order chi connectivity index (χ1) is 7.63. The Morgan fingerprint density at radius 3 is 2.94 bits per heavy atom. The molecule has 0 aliphatic rings. The number of hydrogen-bond donors (Lipinski definition) is 2. The van der Waals surface area contributed by atoms with E-state index in [0.29, 0.717) is 21.6 Å². The van der Waals surface area contributed by atoms with Gasteiger partial charge in [-0.25, -0.2) is 4.98 Å². The predicted octanol–water partition coefficient (Wildman–Crippen LogP) is 2.05. The van der Waals surface area contributed by atoms with Gasteiger partial charge in [0.1, 0.15) is 0 Å². The van der Waals surface area contributed by atoms with Gasteiger partial charge >= 0.3 is 0 Å². The molecule has 0 saturated heterocycles. The van der Waals surface area contributed by atoms with Gasteiger partial charge in [0.2, 0.25) is 5.91 Å². The molecule has 1 heterocycles. The highest BCUT2D eigenvalue weighted by atomic mass is 35.5. The van der Waals surface area contributed by atoms with Crippen LogP contribution in [0.15, 0.2) is 12.3 Å². The van der Waals surface area contributed by atoms with Crippen molar-refractivity contribution in [2.45, 2.75) is 0 Å². The molecule has 0 unspecified atom stereocenters. The van der Waals surface area contributed by atoms with Crippen LogP contribution in [0.5, 0.6) is 0 Å². The van der Waals surface area contributed by atoms with E-state index in [4.69, 9.17) is 28.3 Å². The van der Waals surface area contributed by atoms with Gasteiger partial charge < -0.3 is 10.4 Å². The molecule has 0 fully saturated rings. The van der Waals surface area contributed by atoms with Crippen molar-refractivity contribution in [3.63, 3.8) is 0 Å². The molecule has 0 bridgehead atoms. The summed E-state index contributed by atoms with van der Waals surface area (Å²) in [5.74, 6) is 0.854. The topological polar surface area (TPSA) is 62.2 Å². The van der Waals surface area contributed by atoms with Gasteiger partial charge in [-0.2, -0.15) is 0 Å². The zero-order valence-electron chi connectivity index (χ0n) is 8.24. The lowest BCUT2D eigenvalue weighted by Crippen LogP contribution is -2.15. The van der Waals surface area contributed by atoms with E-state index in [9.17, 15) is 4.79 Å². The average Bonchev–Trinajstić information content (AvgIpc) is 2.23. The number of aromatic nitrogens is 1. The van der Waals surface area contributed by atoms with Crippen molar-refractivity contribution in [1.82, 2.24) is 4.98 Å². The maximum Gasteiger partial charge on any atom is 0.235 e. The molecule has 0 aliphatic heterocycles. The molecule has 0 atom stereocenters. The van der Waals surface area contributed by atoms with Crippen LogP contribution in [0.2, 0.25) is 10.0 Å². The number of aliphatic hydroxyl groups is 1. The fourth-order valence-corrected chi connectivity index (χ4v) is 1.86. The van der Waals surface area contributed by atoms with Crippen molar-refractivity contribution >= 4 is 46.7 Å². The fourth-order valence-electron chi connectivity index (χ4n) is 0.904. The zero-order valence-corrected chi connectivity index (χ0v) is 10.6. The van der Waals surface area contributed by atoms with E-state index >= 15 is 0 Å². The van der Waals surface area contributed by atoms with Crippen molar-refractivity contribution in [2.24, 2.45) is 0 Å². The SMILES string of the molecule is O=C(CSCCO)Nc1ncc(Cl)cc1Cl. The second-order valence-electron chi connectivity index (χ2n) is 2.81. The highest BCUT2D eigenvalue weighted by Crippen LogP contribution is 2.22. The van der Waals surface area contributed by atoms with Crippen LogP contribution in [0.4, 0.5) is 5.82 Å². The van der Waals surface area contributed by atoms with Gasteiger partial charge in [0, 0.05) is 11.9 Å². The summed E-state index contributed by atoms with van der Waals surface area (Å²) >= 11 is 12.8. The number of nitrogens with one attached hydrogen (secondary N) is 1. The highest BCUT2D eigenvalue weighted by Gasteiger charge is 2.07. The molecule has 0 aromatic carbocycles. The standard InChI is InChI=1S/C9H10Cl2N2O2S/c10-6-3-7(11)9(12-4-6)13-8(15)5-16-2-1-14/h3-4,14H,1-2,5H2,(H,12,13,15). The number of amides is 1. The molecule has 1 aromatic heterocycles. The minimum Gasteiger partial charge on any atom is -0.396 e. The van der Waals surface area contributed by atoms with Crippen LogP contribution in [-0.4, -0.2) is 34.1 Å². The monoisotopic (exact) mass is 280 g/mol. The largest absolute Gasteiger partial charge is 0.396 e. The van der Waals surface area contributed by atoms with E-state index in [0.717, 1.165) is 0 Å². The van der Waals surface area contributed by atoms with Crippen LogP contribution in [0.1, 0.15) is 0 Å². The average molecular weight is 281 g/mol. The second-order valence-corrected chi connectivity index (χ2v) is 4.76. The Bertz CT molecular complexity index is 377. The second kappa shape index (κ2) is 6.96. The van der Waals surface area contributed by atoms with E-state index < -0.39 is 0 Å². The van der Waals surface area contributed by atoms with Gasteiger partial charge in [-0.3, -0.25) is 4.79 Å². The summed E-state index contributed by atoms with van der Waals surface area (Å²) in [6.45, 7) is 0.0535. The van der Waals surface area contributed by atoms with E-state index in [1.165, 1.54) is 24.0 Å². The number of anilines is 1. The third-order valence-corrected chi connectivity index (χ3v) is 2.97. The number of nitrogens with zero attached hydrogens (tertiary/aromatic N) is 1. The molecule has 0 aliphatic carbocycles. The summed E-state index contributed by atoms with van der Waals surface area (Å²) in [6, 6.07) is 1.51. The lowest BCUT2D eigenvalue weighted by molar-refractivity contribution is -0.113. The lowest BCUT2D eigenvalue weighted by Gasteiger charge is -2.05. The van der Waals surface area contributed by atoms with Gasteiger partial charge in [-0.15, -0.1) is 11.8 Å². The lowest BCUT2D eigenvalue weighted by atomic mass is 10.4. The number of thioether (sulfide) groups is 1. The minimum atomic E-state index is -0.213. The summed E-state index contributed by atoms with van der Waals surface area (Å²) in [5, 5.41) is 11.8. The first-order valence-corrected chi connectivity index (χ1v) is 6.34. The predicted molar refractivity (Wildman–Crippen MR) is 67.3 cm³/mol. The molecule has 0 spiro atoms. The summed E-state index contributed by atoms with van der Waals surface area (Å²) < 4.78 is 0. The van der Waals surface area contributed by atoms with Crippen molar-refractivity contribution in [2.75, 3.05) is 23.4 Å². The van der Waals surface area contributed by atoms with Gasteiger partial charge in [0.15, 0.2) is 5.82 Å². The highest BCUT2D eigenvalue weighted by molar-refractivity contribution is 7.99. The molecule has 7 heteroatoms. The van der Waals surface area contributed by atoms with Crippen LogP contribution in [0.25, 0.3) is 0 Å². The Balaban J connectivity index is 2.49. The summed E-state index contributed by atoms with van der Waals surface area (Å²) in [7, 11) is 0. The van der Waals surface area contributed by atoms with Crippen LogP contribution >= 0.6 is 35.0 Å². The molecule has 1 rings (SSSR count). The van der Waals surface area contributed by atoms with Crippen LogP contribution in [0.3, 0.4) is 0 Å². The first kappa shape index (κ1) is 13.6. The third-order valence-electron chi connectivity index (χ3n) is 1.53. The van der Waals surface area contributed by atoms with Crippen LogP contribution in [-0.2, 0) is 4.79 Å². The van der Waals surface area contributed by atoms with Gasteiger partial charge in [-0.1, -0.05) is 23.2 Å². The van der Waals surface area contributed by atoms with Gasteiger partial charge in [-0.05, 0) is 6.07 Å². The normalized spacial score (nSPS) is 10.2. The number of hydrogen-bond acceptors (Lipinski definition) is 4. The molecule has 1 aromatic rings. The number of pyridine rings is 1. The molecule has 88 valence electrons. The number of carbonyl (C=O) groups is 1. The molecule has 0 radical (unpaired) electrons. The van der Waals surface area contributed by atoms with E-state index in [1.54, 1.807) is 0 Å². The first-order valence-electron chi connectivity index (χ1n) is 4.43. The van der Waals surface area contributed by atoms with Crippen molar-refractivity contribution in [3.05, 3.63) is 22.3 Å². The third kappa shape index (κ3) is 4.57. The van der Waals surface area contributed by atoms with Crippen molar-refractivity contribution in [1.29, 1.82) is 0 Å². The number of aliphatic hydroxyl groups excluding tert-OH is 1. The summed E-state index contributed by atoms with van der Waals surface area (Å²) in [5.41, 5.74) is 0. The Morgan fingerprint density at radius 1 is 1.56 bits per heavy atom. The number of halogens is 2. The van der Waals surface area contributed by atoms with E-state index in [2.05, 4.69) is 10.3 Å². The number of rotatable bonds is 5. The van der Waals surface area contributed by atoms with Crippen LogP contribution < -0.4 is 5.32 Å². The quantitative estimate of drug-likeness (QED) is 0.811. The Hall–Kier alpha value is -0.490. The van der Waals surface area contributed by atoms with Gasteiger partial charge in [0.05, 0.1) is 22.4 Å². The van der Waals surface area contributed by atoms with Crippen LogP contribution in [0, 0.1) is 0 Å². The zero-order chi connectivity index (χ0) is 12.0. The molecule has 16 heavy (non-hydrogen) atoms. The molecule has 4 nitrogen and oxygen atoms in total. The maximum atomic E-state index is 11.4. The Morgan fingerprint density at radius 2 is 2.31 bits per heavy atom. The minimum absolute atomic E-state index is 0.0535. The number of carbonyl (C=O) groups excluding carboxylic acids is 1. The molecule has 1 amide bonds.